The fraction of sp³-hybridized carbons (Fsp3) is 0.446. The van der Waals surface area contributed by atoms with Crippen LogP contribution >= 0.6 is 0 Å². The van der Waals surface area contributed by atoms with Crippen molar-refractivity contribution in [3.8, 4) is 11.5 Å². The molecule has 5 aromatic carbocycles. The Balaban J connectivity index is 1.12. The van der Waals surface area contributed by atoms with Crippen LogP contribution in [-0.4, -0.2) is 99.4 Å². The predicted molar refractivity (Wildman–Crippen MR) is 294 cm³/mol. The Morgan fingerprint density at radius 1 is 0.662 bits per heavy atom. The summed E-state index contributed by atoms with van der Waals surface area (Å²) >= 11 is 0. The number of aromatic hydroxyl groups is 1. The number of aliphatic hydroxyl groups excluding tert-OH is 1. The number of benzene rings is 5. The second-order valence-corrected chi connectivity index (χ2v) is 18.5. The van der Waals surface area contributed by atoms with E-state index >= 15 is 0 Å². The molecule has 378 valence electrons. The molecule has 0 aliphatic rings. The number of aryl methyl sites for hydroxylation is 1. The first-order valence-electron chi connectivity index (χ1n) is 26.0. The summed E-state index contributed by atoms with van der Waals surface area (Å²) in [7, 11) is 1.62. The van der Waals surface area contributed by atoms with Crippen molar-refractivity contribution in [2.75, 3.05) is 80.7 Å². The summed E-state index contributed by atoms with van der Waals surface area (Å²) in [5.41, 5.74) is 5.17. The fourth-order valence-electron chi connectivity index (χ4n) is 8.90. The number of phenols is 1. The van der Waals surface area contributed by atoms with E-state index in [1.165, 1.54) is 51.4 Å². The van der Waals surface area contributed by atoms with Crippen molar-refractivity contribution in [1.29, 1.82) is 0 Å². The first kappa shape index (κ1) is 52.3. The highest BCUT2D eigenvalue weighted by atomic mass is 16.5. The van der Waals surface area contributed by atoms with Gasteiger partial charge in [0.2, 0.25) is 17.8 Å². The molecule has 1 atom stereocenters. The molecule has 0 saturated heterocycles. The lowest BCUT2D eigenvalue weighted by Crippen LogP contribution is -2.28. The van der Waals surface area contributed by atoms with E-state index in [-0.39, 0.29) is 17.0 Å². The van der Waals surface area contributed by atoms with E-state index in [1.54, 1.807) is 13.2 Å². The molecule has 7 rings (SSSR count). The third-order valence-corrected chi connectivity index (χ3v) is 13.0. The normalized spacial score (nSPS) is 12.2. The molecule has 2 aromatic heterocycles. The number of para-hydroxylation sites is 1. The van der Waals surface area contributed by atoms with Gasteiger partial charge in [-0.2, -0.15) is 20.1 Å². The topological polar surface area (TPSA) is 183 Å². The summed E-state index contributed by atoms with van der Waals surface area (Å²) in [6, 6.07) is 27.0. The Bertz CT molecular complexity index is 2730. The minimum Gasteiger partial charge on any atom is -0.505 e. The maximum absolute atomic E-state index is 12.0. The molecule has 71 heavy (non-hydrogen) atoms. The third-order valence-electron chi connectivity index (χ3n) is 13.0. The number of fused-ring (bicyclic) bond motifs is 5. The Hall–Kier alpha value is -6.55. The van der Waals surface area contributed by atoms with Crippen molar-refractivity contribution in [3.05, 3.63) is 96.1 Å². The van der Waals surface area contributed by atoms with Gasteiger partial charge in [0.05, 0.1) is 18.3 Å². The number of H-pyrrole nitrogens is 1. The second-order valence-electron chi connectivity index (χ2n) is 18.5. The molecule has 0 aliphatic carbocycles. The van der Waals surface area contributed by atoms with Gasteiger partial charge in [-0.25, -0.2) is 0 Å². The molecule has 0 amide bonds. The van der Waals surface area contributed by atoms with Gasteiger partial charge >= 0.3 is 0 Å². The third kappa shape index (κ3) is 14.3. The summed E-state index contributed by atoms with van der Waals surface area (Å²) < 4.78 is 5.38. The molecule has 1 unspecified atom stereocenters. The zero-order valence-corrected chi connectivity index (χ0v) is 42.8. The van der Waals surface area contributed by atoms with Crippen LogP contribution in [-0.2, 0) is 0 Å². The van der Waals surface area contributed by atoms with Crippen LogP contribution in [0.4, 0.5) is 40.6 Å². The lowest BCUT2D eigenvalue weighted by atomic mass is 9.99. The highest BCUT2D eigenvalue weighted by Crippen LogP contribution is 2.46. The molecule has 0 aliphatic heterocycles. The van der Waals surface area contributed by atoms with Crippen molar-refractivity contribution >= 4 is 73.2 Å². The molecule has 15 heteroatoms. The Morgan fingerprint density at radius 2 is 1.25 bits per heavy atom. The zero-order chi connectivity index (χ0) is 50.0. The first-order chi connectivity index (χ1) is 34.7. The van der Waals surface area contributed by atoms with Gasteiger partial charge in [0, 0.05) is 51.7 Å². The average Bonchev–Trinajstić information content (AvgIpc) is 3.77. The quantitative estimate of drug-likeness (QED) is 0.0129. The predicted octanol–water partition coefficient (Wildman–Crippen LogP) is 13.4. The van der Waals surface area contributed by atoms with Gasteiger partial charge < -0.3 is 51.0 Å². The van der Waals surface area contributed by atoms with Crippen LogP contribution in [0.2, 0.25) is 0 Å². The minimum atomic E-state index is -1.26. The van der Waals surface area contributed by atoms with Crippen molar-refractivity contribution in [2.45, 2.75) is 105 Å². The molecule has 0 radical (unpaired) electrons. The Labute approximate surface area is 420 Å². The smallest absolute Gasteiger partial charge is 0.233 e. The number of phenolic OH excluding ortho intramolecular Hbond substituents is 1. The number of aromatic nitrogens is 4. The average molecular weight is 965 g/mol. The zero-order valence-electron chi connectivity index (χ0n) is 42.8. The molecule has 0 fully saturated rings. The van der Waals surface area contributed by atoms with E-state index < -0.39 is 6.23 Å². The molecule has 0 spiro atoms. The number of aromatic amines is 1. The van der Waals surface area contributed by atoms with Crippen LogP contribution in [0, 0.1) is 6.92 Å². The van der Waals surface area contributed by atoms with Crippen LogP contribution in [0.25, 0.3) is 32.6 Å². The van der Waals surface area contributed by atoms with E-state index in [9.17, 15) is 10.2 Å². The summed E-state index contributed by atoms with van der Waals surface area (Å²) in [6.07, 6.45) is 10.3. The van der Waals surface area contributed by atoms with Crippen molar-refractivity contribution < 1.29 is 14.9 Å². The Morgan fingerprint density at radius 3 is 1.85 bits per heavy atom. The molecule has 0 bridgehead atoms. The molecule has 7 N–H and O–H groups in total. The van der Waals surface area contributed by atoms with Crippen LogP contribution in [0.3, 0.4) is 0 Å². The van der Waals surface area contributed by atoms with E-state index in [0.29, 0.717) is 40.4 Å². The molecular formula is C56H76N12O3. The number of hydrogen-bond acceptors (Lipinski definition) is 14. The van der Waals surface area contributed by atoms with E-state index in [1.807, 2.05) is 73.7 Å². The van der Waals surface area contributed by atoms with Crippen molar-refractivity contribution in [2.24, 2.45) is 10.2 Å². The van der Waals surface area contributed by atoms with Gasteiger partial charge in [-0.15, -0.1) is 5.11 Å². The maximum Gasteiger partial charge on any atom is 0.233 e. The summed E-state index contributed by atoms with van der Waals surface area (Å²) in [6.45, 7) is 19.0. The Kier molecular flexibility index (Phi) is 19.6. The number of rotatable bonds is 30. The SMILES string of the molecule is CCCCN(CCCC)CCCNc1nc(NCCCN(CCCC)CCCC)nc(Nc2ccc(N=Nc3c(O)c(C(O)Nc4ccc(OC)cc4C)cc4ccc5c6ccccc6[nH]c5c34)cc2)n1. The van der Waals surface area contributed by atoms with Gasteiger partial charge in [0.1, 0.15) is 11.4 Å². The van der Waals surface area contributed by atoms with E-state index in [0.717, 1.165) is 104 Å². The summed E-state index contributed by atoms with van der Waals surface area (Å²) in [5.74, 6) is 1.99. The van der Waals surface area contributed by atoms with Crippen LogP contribution in [0.5, 0.6) is 11.5 Å². The second kappa shape index (κ2) is 26.6. The van der Waals surface area contributed by atoms with Crippen LogP contribution in [0.15, 0.2) is 95.2 Å². The molecular weight excluding hydrogens is 889 g/mol. The number of anilines is 5. The molecule has 7 aromatic rings. The number of azo groups is 1. The summed E-state index contributed by atoms with van der Waals surface area (Å²) in [4.78, 5) is 23.1. The first-order valence-corrected chi connectivity index (χ1v) is 26.0. The van der Waals surface area contributed by atoms with E-state index in [2.05, 4.69) is 81.0 Å². The van der Waals surface area contributed by atoms with Crippen LogP contribution in [0.1, 0.15) is 109 Å². The van der Waals surface area contributed by atoms with Crippen molar-refractivity contribution in [3.63, 3.8) is 0 Å². The summed E-state index contributed by atoms with van der Waals surface area (Å²) in [5, 5.41) is 50.1. The number of methoxy groups -OCH3 is 1. The number of hydrogen-bond donors (Lipinski definition) is 7. The lowest BCUT2D eigenvalue weighted by Gasteiger charge is -2.22. The number of aliphatic hydroxyl groups is 1. The van der Waals surface area contributed by atoms with Gasteiger partial charge in [-0.3, -0.25) is 0 Å². The standard InChI is InChI=1S/C56H76N12O3/c1-7-11-31-67(32-12-8-2)35-17-29-57-54-62-55(58-30-18-36-68(33-13-9-3)34-14-10-4)64-56(63-54)59-41-22-24-42(25-23-41)65-66-51-49-40(21-27-45-44-19-15-16-20-48(44)60-50(45)49)38-46(52(51)69)53(70)61-47-28-26-43(71-6)37-39(47)5/h15-16,19-28,37-38,53,60-61,69-70H,7-14,17-18,29-36H2,1-6H3,(H3,57,58,59,62,63,64). The highest BCUT2D eigenvalue weighted by molar-refractivity contribution is 6.20. The maximum atomic E-state index is 12.0. The van der Waals surface area contributed by atoms with Gasteiger partial charge in [0.15, 0.2) is 12.0 Å². The molecule has 15 nitrogen and oxygen atoms in total. The highest BCUT2D eigenvalue weighted by Gasteiger charge is 2.22. The molecule has 0 saturated carbocycles. The number of nitrogens with one attached hydrogen (secondary N) is 5. The van der Waals surface area contributed by atoms with Crippen LogP contribution < -0.4 is 26.0 Å². The monoisotopic (exact) mass is 965 g/mol. The van der Waals surface area contributed by atoms with Crippen molar-refractivity contribution in [1.82, 2.24) is 29.7 Å². The lowest BCUT2D eigenvalue weighted by molar-refractivity contribution is 0.204. The van der Waals surface area contributed by atoms with Gasteiger partial charge in [-0.1, -0.05) is 83.7 Å². The number of nitrogens with zero attached hydrogens (tertiary/aromatic N) is 7. The van der Waals surface area contributed by atoms with Gasteiger partial charge in [-0.05, 0) is 150 Å². The minimum absolute atomic E-state index is 0.184. The fourth-order valence-corrected chi connectivity index (χ4v) is 8.90. The largest absolute Gasteiger partial charge is 0.505 e. The van der Waals surface area contributed by atoms with Gasteiger partial charge in [0.25, 0.3) is 0 Å². The number of ether oxygens (including phenoxy) is 1. The van der Waals surface area contributed by atoms with E-state index in [4.69, 9.17) is 24.8 Å². The number of unbranched alkanes of at least 4 members (excludes halogenated alkanes) is 4. The molecule has 2 heterocycles.